The summed E-state index contributed by atoms with van der Waals surface area (Å²) in [5.41, 5.74) is 1.42. The first kappa shape index (κ1) is 25.8. The summed E-state index contributed by atoms with van der Waals surface area (Å²) in [5, 5.41) is 11.6. The molecule has 0 aliphatic carbocycles. The molecule has 0 bridgehead atoms. The molecule has 1 aliphatic rings. The van der Waals surface area contributed by atoms with Gasteiger partial charge in [0.2, 0.25) is 0 Å². The Morgan fingerprint density at radius 3 is 2.51 bits per heavy atom. The maximum atomic E-state index is 12.6. The van der Waals surface area contributed by atoms with E-state index in [2.05, 4.69) is 26.3 Å². The number of nitrogens with zero attached hydrogens (tertiary/aromatic N) is 1. The number of hydrogen-bond acceptors (Lipinski definition) is 7. The highest BCUT2D eigenvalue weighted by Gasteiger charge is 2.15. The van der Waals surface area contributed by atoms with E-state index in [-0.39, 0.29) is 11.6 Å². The lowest BCUT2D eigenvalue weighted by Crippen LogP contribution is -2.23. The Morgan fingerprint density at radius 2 is 1.78 bits per heavy atom. The minimum absolute atomic E-state index is 0.257. The summed E-state index contributed by atoms with van der Waals surface area (Å²) < 4.78 is 17.1. The summed E-state index contributed by atoms with van der Waals surface area (Å²) in [6, 6.07) is 15.4. The quantitative estimate of drug-likeness (QED) is 0.322. The van der Waals surface area contributed by atoms with Crippen LogP contribution in [0.1, 0.15) is 29.8 Å². The third-order valence-electron chi connectivity index (χ3n) is 5.85. The second kappa shape index (κ2) is 12.6. The zero-order valence-corrected chi connectivity index (χ0v) is 20.9. The van der Waals surface area contributed by atoms with Crippen molar-refractivity contribution in [1.29, 1.82) is 0 Å². The van der Waals surface area contributed by atoms with Crippen LogP contribution in [0.15, 0.2) is 60.8 Å². The third kappa shape index (κ3) is 7.34. The Bertz CT molecular complexity index is 1210. The monoisotopic (exact) mass is 505 g/mol. The summed E-state index contributed by atoms with van der Waals surface area (Å²) in [6.45, 7) is 1.62. The van der Waals surface area contributed by atoms with Gasteiger partial charge < -0.3 is 35.5 Å². The molecular weight excluding hydrogens is 474 g/mol. The fourth-order valence-corrected chi connectivity index (χ4v) is 3.94. The van der Waals surface area contributed by atoms with Crippen LogP contribution >= 0.6 is 0 Å². The number of carbonyl (C=O) groups is 2. The highest BCUT2D eigenvalue weighted by atomic mass is 16.5. The van der Waals surface area contributed by atoms with Crippen molar-refractivity contribution in [3.8, 4) is 23.0 Å². The van der Waals surface area contributed by atoms with E-state index in [1.54, 1.807) is 61.7 Å². The van der Waals surface area contributed by atoms with E-state index in [1.807, 2.05) is 0 Å². The first-order chi connectivity index (χ1) is 18.0. The molecule has 1 atom stereocenters. The topological polar surface area (TPSA) is 123 Å². The number of aromatic nitrogens is 1. The molecule has 3 aromatic rings. The second-order valence-electron chi connectivity index (χ2n) is 8.46. The lowest BCUT2D eigenvalue weighted by Gasteiger charge is -2.15. The molecule has 4 N–H and O–H groups in total. The van der Waals surface area contributed by atoms with Gasteiger partial charge in [0, 0.05) is 42.8 Å². The SMILES string of the molecule is CNC(=O)c1cc(Oc2ccc(NC(=O)Nc3ccc(OC)c(OCCC4CCCN4)c3)cc2)ccn1. The van der Waals surface area contributed by atoms with Gasteiger partial charge in [-0.3, -0.25) is 9.78 Å². The Morgan fingerprint density at radius 1 is 1.00 bits per heavy atom. The molecule has 1 aromatic heterocycles. The van der Waals surface area contributed by atoms with E-state index in [0.29, 0.717) is 47.0 Å². The van der Waals surface area contributed by atoms with Gasteiger partial charge in [-0.25, -0.2) is 4.79 Å². The van der Waals surface area contributed by atoms with Crippen LogP contribution in [-0.2, 0) is 0 Å². The molecule has 1 aliphatic heterocycles. The number of nitrogens with one attached hydrogen (secondary N) is 4. The fourth-order valence-electron chi connectivity index (χ4n) is 3.94. The number of pyridine rings is 1. The number of amides is 3. The number of urea groups is 1. The maximum absolute atomic E-state index is 12.6. The Labute approximate surface area is 215 Å². The summed E-state index contributed by atoms with van der Waals surface area (Å²) >= 11 is 0. The van der Waals surface area contributed by atoms with Crippen molar-refractivity contribution in [3.05, 3.63) is 66.5 Å². The smallest absolute Gasteiger partial charge is 0.323 e. The van der Waals surface area contributed by atoms with Crippen LogP contribution in [0.3, 0.4) is 0 Å². The zero-order chi connectivity index (χ0) is 26.0. The molecule has 4 rings (SSSR count). The number of carbonyl (C=O) groups excluding carboxylic acids is 2. The molecule has 2 aromatic carbocycles. The molecular formula is C27H31N5O5. The summed E-state index contributed by atoms with van der Waals surface area (Å²) in [7, 11) is 3.13. The Kier molecular flexibility index (Phi) is 8.77. The van der Waals surface area contributed by atoms with Gasteiger partial charge in [0.25, 0.3) is 5.91 Å². The van der Waals surface area contributed by atoms with Crippen LogP contribution < -0.4 is 35.5 Å². The van der Waals surface area contributed by atoms with E-state index in [1.165, 1.54) is 19.7 Å². The Hall–Kier alpha value is -4.31. The van der Waals surface area contributed by atoms with Crippen LogP contribution in [0.5, 0.6) is 23.0 Å². The molecule has 1 unspecified atom stereocenters. The average molecular weight is 506 g/mol. The van der Waals surface area contributed by atoms with Gasteiger partial charge in [0.05, 0.1) is 13.7 Å². The largest absolute Gasteiger partial charge is 0.493 e. The predicted molar refractivity (Wildman–Crippen MR) is 141 cm³/mol. The summed E-state index contributed by atoms with van der Waals surface area (Å²) in [5.74, 6) is 1.91. The van der Waals surface area contributed by atoms with Gasteiger partial charge >= 0.3 is 6.03 Å². The first-order valence-corrected chi connectivity index (χ1v) is 12.1. The number of ether oxygens (including phenoxy) is 3. The zero-order valence-electron chi connectivity index (χ0n) is 20.9. The van der Waals surface area contributed by atoms with Crippen LogP contribution in [0.25, 0.3) is 0 Å². The fraction of sp³-hybridized carbons (Fsp3) is 0.296. The first-order valence-electron chi connectivity index (χ1n) is 12.1. The molecule has 194 valence electrons. The van der Waals surface area contributed by atoms with Gasteiger partial charge in [-0.2, -0.15) is 0 Å². The number of benzene rings is 2. The minimum Gasteiger partial charge on any atom is -0.493 e. The van der Waals surface area contributed by atoms with E-state index >= 15 is 0 Å². The van der Waals surface area contributed by atoms with E-state index in [4.69, 9.17) is 14.2 Å². The standard InChI is InChI=1S/C27H31N5O5/c1-28-26(33)23-17-22(11-14-30-23)37-21-8-5-19(6-9-21)31-27(34)32-20-7-10-24(35-2)25(16-20)36-15-12-18-4-3-13-29-18/h5-11,14,16-18,29H,3-4,12-13,15H2,1-2H3,(H,28,33)(H2,31,32,34). The second-order valence-corrected chi connectivity index (χ2v) is 8.46. The average Bonchev–Trinajstić information content (AvgIpc) is 3.43. The van der Waals surface area contributed by atoms with Crippen LogP contribution in [0.4, 0.5) is 16.2 Å². The van der Waals surface area contributed by atoms with Gasteiger partial charge in [0.15, 0.2) is 11.5 Å². The van der Waals surface area contributed by atoms with E-state index < -0.39 is 6.03 Å². The molecule has 1 fully saturated rings. The van der Waals surface area contributed by atoms with E-state index in [0.717, 1.165) is 19.4 Å². The number of methoxy groups -OCH3 is 1. The number of anilines is 2. The van der Waals surface area contributed by atoms with Crippen molar-refractivity contribution in [2.24, 2.45) is 0 Å². The van der Waals surface area contributed by atoms with Gasteiger partial charge in [-0.15, -0.1) is 0 Å². The molecule has 0 spiro atoms. The van der Waals surface area contributed by atoms with Crippen LogP contribution in [0.2, 0.25) is 0 Å². The van der Waals surface area contributed by atoms with Gasteiger partial charge in [-0.1, -0.05) is 0 Å². The lowest BCUT2D eigenvalue weighted by atomic mass is 10.2. The molecule has 10 nitrogen and oxygen atoms in total. The molecule has 37 heavy (non-hydrogen) atoms. The third-order valence-corrected chi connectivity index (χ3v) is 5.85. The molecule has 10 heteroatoms. The van der Waals surface area contributed by atoms with Crippen LogP contribution in [-0.4, -0.2) is 50.3 Å². The van der Waals surface area contributed by atoms with Gasteiger partial charge in [-0.05, 0) is 68.3 Å². The molecule has 2 heterocycles. The predicted octanol–water partition coefficient (Wildman–Crippen LogP) is 4.41. The van der Waals surface area contributed by atoms with Crippen molar-refractivity contribution in [2.75, 3.05) is 37.9 Å². The van der Waals surface area contributed by atoms with Crippen LogP contribution in [0, 0.1) is 0 Å². The van der Waals surface area contributed by atoms with Crippen molar-refractivity contribution in [3.63, 3.8) is 0 Å². The minimum atomic E-state index is -0.399. The molecule has 1 saturated heterocycles. The molecule has 3 amide bonds. The van der Waals surface area contributed by atoms with E-state index in [9.17, 15) is 9.59 Å². The Balaban J connectivity index is 1.31. The summed E-state index contributed by atoms with van der Waals surface area (Å²) in [4.78, 5) is 28.3. The highest BCUT2D eigenvalue weighted by molar-refractivity contribution is 6.00. The molecule has 0 radical (unpaired) electrons. The van der Waals surface area contributed by atoms with Crippen molar-refractivity contribution in [1.82, 2.24) is 15.6 Å². The van der Waals surface area contributed by atoms with Crippen molar-refractivity contribution in [2.45, 2.75) is 25.3 Å². The van der Waals surface area contributed by atoms with Crippen molar-refractivity contribution >= 4 is 23.3 Å². The van der Waals surface area contributed by atoms with Crippen molar-refractivity contribution < 1.29 is 23.8 Å². The maximum Gasteiger partial charge on any atom is 0.323 e. The van der Waals surface area contributed by atoms with Gasteiger partial charge in [0.1, 0.15) is 17.2 Å². The lowest BCUT2D eigenvalue weighted by molar-refractivity contribution is 0.0957. The number of hydrogen-bond donors (Lipinski definition) is 4. The number of rotatable bonds is 10. The molecule has 0 saturated carbocycles. The summed E-state index contributed by atoms with van der Waals surface area (Å²) in [6.07, 6.45) is 4.78. The normalized spacial score (nSPS) is 14.5. The highest BCUT2D eigenvalue weighted by Crippen LogP contribution is 2.31.